The van der Waals surface area contributed by atoms with E-state index in [0.717, 1.165) is 27.9 Å². The average Bonchev–Trinajstić information content (AvgIpc) is 3.12. The molecular weight excluding hydrogens is 642 g/mol. The van der Waals surface area contributed by atoms with Gasteiger partial charge in [-0.05, 0) is 60.4 Å². The van der Waals surface area contributed by atoms with Gasteiger partial charge in [-0.1, -0.05) is 93.1 Å². The third-order valence-electron chi connectivity index (χ3n) is 8.41. The van der Waals surface area contributed by atoms with Crippen molar-refractivity contribution in [3.8, 4) is 16.9 Å². The van der Waals surface area contributed by atoms with Crippen molar-refractivity contribution in [2.75, 3.05) is 17.3 Å². The molecule has 0 saturated carbocycles. The van der Waals surface area contributed by atoms with E-state index in [9.17, 15) is 24.5 Å². The second-order valence-corrected chi connectivity index (χ2v) is 12.7. The number of carbonyl (C=O) groups is 1. The number of β-lactam (4-membered cyclic amide) rings is 1. The van der Waals surface area contributed by atoms with Crippen LogP contribution in [0.3, 0.4) is 0 Å². The summed E-state index contributed by atoms with van der Waals surface area (Å²) in [5.41, 5.74) is 5.93. The lowest BCUT2D eigenvalue weighted by Crippen LogP contribution is -2.46. The summed E-state index contributed by atoms with van der Waals surface area (Å²) in [5, 5.41) is 28.9. The molecule has 1 amide bonds. The van der Waals surface area contributed by atoms with Crippen LogP contribution in [0.5, 0.6) is 5.75 Å². The van der Waals surface area contributed by atoms with Crippen LogP contribution in [0.4, 0.5) is 10.1 Å². The molecule has 7 nitrogen and oxygen atoms in total. The van der Waals surface area contributed by atoms with Gasteiger partial charge >= 0.3 is 0 Å². The standard InChI is InChI=1S/C29H31NO5S.C9H11FO.C2H6/c1-19-6-5-7-20(12-19)21-10-11-26(27-16-29(33)30(27)22-8-3-2-4-9-22)28(13-21)35-36-18-25-15-23(32)14-24(17-31)34-25;1-2-9(11)7-3-5-8(10)6-4-7;1-2/h2-13,23-25,27,31-32H,14-18H2,1H3;3-6,9,11H,2H2,1H3;1-2H3. The van der Waals surface area contributed by atoms with E-state index in [1.807, 2.05) is 68.1 Å². The van der Waals surface area contributed by atoms with E-state index in [2.05, 4.69) is 37.3 Å². The second-order valence-electron chi connectivity index (χ2n) is 12.0. The fourth-order valence-corrected chi connectivity index (χ4v) is 6.58. The molecule has 5 atom stereocenters. The lowest BCUT2D eigenvalue weighted by molar-refractivity contribution is -0.124. The van der Waals surface area contributed by atoms with E-state index in [1.165, 1.54) is 29.7 Å². The number of ether oxygens (including phenoxy) is 1. The van der Waals surface area contributed by atoms with Crippen LogP contribution in [0.25, 0.3) is 11.1 Å². The molecule has 3 N–H and O–H groups in total. The van der Waals surface area contributed by atoms with Crippen molar-refractivity contribution in [3.63, 3.8) is 0 Å². The monoisotopic (exact) mass is 689 g/mol. The highest BCUT2D eigenvalue weighted by molar-refractivity contribution is 7.95. The predicted octanol–water partition coefficient (Wildman–Crippen LogP) is 8.36. The summed E-state index contributed by atoms with van der Waals surface area (Å²) < 4.78 is 24.5. The van der Waals surface area contributed by atoms with Crippen molar-refractivity contribution in [2.24, 2.45) is 0 Å². The Morgan fingerprint density at radius 3 is 2.29 bits per heavy atom. The fourth-order valence-electron chi connectivity index (χ4n) is 5.87. The van der Waals surface area contributed by atoms with Crippen LogP contribution in [0.15, 0.2) is 97.1 Å². The SMILES string of the molecule is CC.CCC(O)c1ccc(F)cc1.Cc1cccc(-c2ccc(C3CC(=O)N3c3ccccc3)c(OSCC3CC(O)CC(CO)O3)c2)c1. The molecule has 0 aliphatic carbocycles. The normalized spacial score (nSPS) is 20.6. The highest BCUT2D eigenvalue weighted by Gasteiger charge is 2.40. The van der Waals surface area contributed by atoms with Crippen molar-refractivity contribution in [2.45, 2.75) is 83.8 Å². The summed E-state index contributed by atoms with van der Waals surface area (Å²) in [6, 6.07) is 30.0. The zero-order valence-electron chi connectivity index (χ0n) is 28.7. The summed E-state index contributed by atoms with van der Waals surface area (Å²) >= 11 is 1.28. The molecule has 4 aromatic rings. The van der Waals surface area contributed by atoms with Gasteiger partial charge in [-0.25, -0.2) is 4.39 Å². The molecular formula is C40H48FNO6S. The van der Waals surface area contributed by atoms with E-state index in [0.29, 0.717) is 37.2 Å². The molecule has 2 aliphatic rings. The van der Waals surface area contributed by atoms with E-state index in [1.54, 1.807) is 12.1 Å². The summed E-state index contributed by atoms with van der Waals surface area (Å²) in [5.74, 6) is 1.06. The molecule has 4 aromatic carbocycles. The minimum Gasteiger partial charge on any atom is -0.425 e. The van der Waals surface area contributed by atoms with Crippen LogP contribution in [0, 0.1) is 12.7 Å². The van der Waals surface area contributed by atoms with Gasteiger partial charge in [-0.15, -0.1) is 0 Å². The lowest BCUT2D eigenvalue weighted by Gasteiger charge is -2.41. The van der Waals surface area contributed by atoms with Crippen LogP contribution >= 0.6 is 12.0 Å². The first-order valence-electron chi connectivity index (χ1n) is 17.0. The van der Waals surface area contributed by atoms with Gasteiger partial charge < -0.3 is 29.1 Å². The van der Waals surface area contributed by atoms with Crippen LogP contribution in [-0.2, 0) is 9.53 Å². The highest BCUT2D eigenvalue weighted by atomic mass is 32.2. The van der Waals surface area contributed by atoms with Crippen molar-refractivity contribution in [3.05, 3.63) is 120 Å². The molecule has 0 aromatic heterocycles. The molecule has 0 radical (unpaired) electrons. The Kier molecular flexibility index (Phi) is 14.7. The number of benzene rings is 4. The number of halogens is 1. The maximum absolute atomic E-state index is 12.6. The number of carbonyl (C=O) groups excluding carboxylic acids is 1. The van der Waals surface area contributed by atoms with Gasteiger partial charge in [0.05, 0.1) is 61.3 Å². The van der Waals surface area contributed by atoms with E-state index in [4.69, 9.17) is 8.92 Å². The molecule has 2 saturated heterocycles. The third-order valence-corrected chi connectivity index (χ3v) is 9.21. The van der Waals surface area contributed by atoms with Crippen molar-refractivity contribution < 1.29 is 33.4 Å². The molecule has 9 heteroatoms. The number of nitrogens with zero attached hydrogens (tertiary/aromatic N) is 1. The van der Waals surface area contributed by atoms with Crippen LogP contribution < -0.4 is 9.08 Å². The highest BCUT2D eigenvalue weighted by Crippen LogP contribution is 2.44. The van der Waals surface area contributed by atoms with Crippen LogP contribution in [0.1, 0.15) is 75.3 Å². The number of aryl methyl sites for hydroxylation is 1. The maximum atomic E-state index is 12.6. The quantitative estimate of drug-likeness (QED) is 0.114. The number of amides is 1. The summed E-state index contributed by atoms with van der Waals surface area (Å²) in [7, 11) is 0. The Hall–Kier alpha value is -3.73. The van der Waals surface area contributed by atoms with Crippen molar-refractivity contribution >= 4 is 23.6 Å². The Bertz CT molecular complexity index is 1600. The zero-order chi connectivity index (χ0) is 35.3. The molecule has 2 aliphatic heterocycles. The van der Waals surface area contributed by atoms with Crippen molar-refractivity contribution in [1.82, 2.24) is 0 Å². The molecule has 5 unspecified atom stereocenters. The van der Waals surface area contributed by atoms with Gasteiger partial charge in [-0.3, -0.25) is 4.79 Å². The number of anilines is 1. The van der Waals surface area contributed by atoms with E-state index < -0.39 is 12.2 Å². The third kappa shape index (κ3) is 10.4. The topological polar surface area (TPSA) is 99.5 Å². The largest absolute Gasteiger partial charge is 0.425 e. The van der Waals surface area contributed by atoms with Gasteiger partial charge in [0, 0.05) is 24.1 Å². The van der Waals surface area contributed by atoms with Gasteiger partial charge in [0.2, 0.25) is 5.91 Å². The summed E-state index contributed by atoms with van der Waals surface area (Å²) in [6.07, 6.45) is 0.554. The number of aliphatic hydroxyl groups excluding tert-OH is 3. The Morgan fingerprint density at radius 2 is 1.63 bits per heavy atom. The first-order valence-corrected chi connectivity index (χ1v) is 17.9. The van der Waals surface area contributed by atoms with Crippen LogP contribution in [0.2, 0.25) is 0 Å². The number of hydrogen-bond acceptors (Lipinski definition) is 7. The molecule has 2 fully saturated rings. The molecule has 0 spiro atoms. The molecule has 6 rings (SSSR count). The van der Waals surface area contributed by atoms with Crippen molar-refractivity contribution in [1.29, 1.82) is 0 Å². The van der Waals surface area contributed by atoms with Gasteiger partial charge in [0.25, 0.3) is 0 Å². The average molecular weight is 690 g/mol. The molecule has 0 bridgehead atoms. The maximum Gasteiger partial charge on any atom is 0.230 e. The molecule has 262 valence electrons. The lowest BCUT2D eigenvalue weighted by atomic mass is 9.90. The van der Waals surface area contributed by atoms with Gasteiger partial charge in [0.1, 0.15) is 11.6 Å². The predicted molar refractivity (Wildman–Crippen MR) is 195 cm³/mol. The first kappa shape index (κ1) is 38.1. The second kappa shape index (κ2) is 18.9. The summed E-state index contributed by atoms with van der Waals surface area (Å²) in [6.45, 7) is 7.85. The Labute approximate surface area is 293 Å². The van der Waals surface area contributed by atoms with E-state index in [-0.39, 0.29) is 36.6 Å². The van der Waals surface area contributed by atoms with Gasteiger partial charge in [0.15, 0.2) is 0 Å². The molecule has 2 heterocycles. The molecule has 49 heavy (non-hydrogen) atoms. The number of aliphatic hydroxyl groups is 3. The Balaban J connectivity index is 0.000000352. The minimum absolute atomic E-state index is 0.0900. The van der Waals surface area contributed by atoms with Crippen LogP contribution in [-0.4, -0.2) is 51.9 Å². The zero-order valence-corrected chi connectivity index (χ0v) is 29.5. The number of hydrogen-bond donors (Lipinski definition) is 3. The van der Waals surface area contributed by atoms with Gasteiger partial charge in [-0.2, -0.15) is 0 Å². The minimum atomic E-state index is -0.484. The number of para-hydroxylation sites is 1. The summed E-state index contributed by atoms with van der Waals surface area (Å²) in [4.78, 5) is 14.4. The first-order chi connectivity index (χ1) is 23.7. The smallest absolute Gasteiger partial charge is 0.230 e. The van der Waals surface area contributed by atoms with E-state index >= 15 is 0 Å². The fraction of sp³-hybridized carbons (Fsp3) is 0.375. The Morgan fingerprint density at radius 1 is 0.939 bits per heavy atom. The number of rotatable bonds is 10.